The zero-order chi connectivity index (χ0) is 15.0. The van der Waals surface area contributed by atoms with Crippen LogP contribution in [0.25, 0.3) is 10.9 Å². The number of carboxylic acid groups (broad SMARTS) is 1. The number of pyridine rings is 1. The molecule has 3 rings (SSSR count). The van der Waals surface area contributed by atoms with Gasteiger partial charge in [-0.15, -0.1) is 0 Å². The molecule has 1 N–H and O–H groups in total. The van der Waals surface area contributed by atoms with Gasteiger partial charge in [-0.1, -0.05) is 0 Å². The van der Waals surface area contributed by atoms with Crippen molar-refractivity contribution in [3.63, 3.8) is 0 Å². The molecule has 2 aromatic heterocycles. The summed E-state index contributed by atoms with van der Waals surface area (Å²) in [5, 5.41) is 9.92. The second-order valence-electron chi connectivity index (χ2n) is 4.93. The number of nitrogens with zero attached hydrogens (tertiary/aromatic N) is 2. The maximum Gasteiger partial charge on any atom is 0.352 e. The van der Waals surface area contributed by atoms with Gasteiger partial charge in [-0.3, -0.25) is 4.98 Å². The van der Waals surface area contributed by atoms with Crippen molar-refractivity contribution in [3.05, 3.63) is 65.4 Å². The number of aromatic carboxylic acids is 1. The summed E-state index contributed by atoms with van der Waals surface area (Å²) in [5.74, 6) is -1.41. The van der Waals surface area contributed by atoms with Crippen molar-refractivity contribution in [1.82, 2.24) is 9.55 Å². The Morgan fingerprint density at radius 1 is 1.29 bits per heavy atom. The number of hydrogen-bond acceptors (Lipinski definition) is 2. The third kappa shape index (κ3) is 2.50. The van der Waals surface area contributed by atoms with Crippen LogP contribution in [0.5, 0.6) is 0 Å². The number of halogens is 1. The summed E-state index contributed by atoms with van der Waals surface area (Å²) in [6.07, 6.45) is 1.69. The lowest BCUT2D eigenvalue weighted by Gasteiger charge is -2.09. The van der Waals surface area contributed by atoms with E-state index >= 15 is 0 Å². The highest BCUT2D eigenvalue weighted by Gasteiger charge is 2.15. The maximum absolute atomic E-state index is 13.3. The van der Waals surface area contributed by atoms with Gasteiger partial charge in [0.25, 0.3) is 0 Å². The standard InChI is InChI=1S/C16H13FN2O2/c1-10-6-11(4-5-18-10)9-19-14-3-2-13(17)7-12(14)8-15(19)16(20)21/h2-8H,9H2,1H3,(H,20,21). The van der Waals surface area contributed by atoms with Crippen molar-refractivity contribution in [1.29, 1.82) is 0 Å². The normalized spacial score (nSPS) is 11.0. The van der Waals surface area contributed by atoms with Crippen LogP contribution >= 0.6 is 0 Å². The van der Waals surface area contributed by atoms with E-state index in [4.69, 9.17) is 0 Å². The molecule has 0 aliphatic carbocycles. The van der Waals surface area contributed by atoms with Crippen LogP contribution in [0.1, 0.15) is 21.7 Å². The molecule has 1 aromatic carbocycles. The van der Waals surface area contributed by atoms with Crippen LogP contribution in [-0.2, 0) is 6.54 Å². The molecule has 2 heterocycles. The summed E-state index contributed by atoms with van der Waals surface area (Å²) in [7, 11) is 0. The predicted molar refractivity (Wildman–Crippen MR) is 76.9 cm³/mol. The van der Waals surface area contributed by atoms with Gasteiger partial charge < -0.3 is 9.67 Å². The molecular formula is C16H13FN2O2. The molecule has 0 aliphatic rings. The molecule has 0 radical (unpaired) electrons. The first kappa shape index (κ1) is 13.3. The van der Waals surface area contributed by atoms with Gasteiger partial charge in [0.05, 0.1) is 0 Å². The highest BCUT2D eigenvalue weighted by atomic mass is 19.1. The van der Waals surface area contributed by atoms with Crippen LogP contribution in [-0.4, -0.2) is 20.6 Å². The van der Waals surface area contributed by atoms with Crippen LogP contribution in [0.2, 0.25) is 0 Å². The predicted octanol–water partition coefficient (Wildman–Crippen LogP) is 3.23. The van der Waals surface area contributed by atoms with Gasteiger partial charge in [-0.25, -0.2) is 9.18 Å². The quantitative estimate of drug-likeness (QED) is 0.803. The zero-order valence-electron chi connectivity index (χ0n) is 11.4. The minimum absolute atomic E-state index is 0.144. The van der Waals surface area contributed by atoms with E-state index in [0.29, 0.717) is 17.4 Å². The average molecular weight is 284 g/mol. The summed E-state index contributed by atoms with van der Waals surface area (Å²) < 4.78 is 15.0. The summed E-state index contributed by atoms with van der Waals surface area (Å²) in [4.78, 5) is 15.5. The monoisotopic (exact) mass is 284 g/mol. The Hall–Kier alpha value is -2.69. The third-order valence-electron chi connectivity index (χ3n) is 3.38. The van der Waals surface area contributed by atoms with Gasteiger partial charge in [0.2, 0.25) is 0 Å². The second-order valence-corrected chi connectivity index (χ2v) is 4.93. The lowest BCUT2D eigenvalue weighted by molar-refractivity contribution is 0.0686. The van der Waals surface area contributed by atoms with Crippen molar-refractivity contribution in [2.75, 3.05) is 0 Å². The van der Waals surface area contributed by atoms with Crippen LogP contribution in [0.3, 0.4) is 0 Å². The van der Waals surface area contributed by atoms with E-state index < -0.39 is 5.97 Å². The molecule has 3 aromatic rings. The van der Waals surface area contributed by atoms with Crippen molar-refractivity contribution in [2.24, 2.45) is 0 Å². The Balaban J connectivity index is 2.15. The van der Waals surface area contributed by atoms with E-state index in [9.17, 15) is 14.3 Å². The fourth-order valence-corrected chi connectivity index (χ4v) is 2.47. The van der Waals surface area contributed by atoms with Gasteiger partial charge in [0.15, 0.2) is 0 Å². The number of carbonyl (C=O) groups is 1. The Labute approximate surface area is 120 Å². The van der Waals surface area contributed by atoms with Gasteiger partial charge in [0, 0.05) is 29.3 Å². The number of rotatable bonds is 3. The molecule has 4 nitrogen and oxygen atoms in total. The van der Waals surface area contributed by atoms with Crippen molar-refractivity contribution < 1.29 is 14.3 Å². The van der Waals surface area contributed by atoms with E-state index in [1.165, 1.54) is 18.2 Å². The van der Waals surface area contributed by atoms with Gasteiger partial charge in [-0.05, 0) is 48.9 Å². The Bertz CT molecular complexity index is 839. The molecule has 0 amide bonds. The van der Waals surface area contributed by atoms with E-state index in [1.807, 2.05) is 19.1 Å². The van der Waals surface area contributed by atoms with Crippen LogP contribution in [0, 0.1) is 12.7 Å². The van der Waals surface area contributed by atoms with Gasteiger partial charge >= 0.3 is 5.97 Å². The topological polar surface area (TPSA) is 55.1 Å². The minimum Gasteiger partial charge on any atom is -0.477 e. The fourth-order valence-electron chi connectivity index (χ4n) is 2.47. The summed E-state index contributed by atoms with van der Waals surface area (Å²) in [5.41, 5.74) is 2.66. The molecule has 21 heavy (non-hydrogen) atoms. The first-order valence-electron chi connectivity index (χ1n) is 6.48. The van der Waals surface area contributed by atoms with E-state index in [-0.39, 0.29) is 11.5 Å². The number of carboxylic acids is 1. The molecule has 0 saturated heterocycles. The number of hydrogen-bond donors (Lipinski definition) is 1. The first-order valence-corrected chi connectivity index (χ1v) is 6.48. The Kier molecular flexibility index (Phi) is 3.17. The molecule has 0 saturated carbocycles. The molecule has 0 aliphatic heterocycles. The third-order valence-corrected chi connectivity index (χ3v) is 3.38. The SMILES string of the molecule is Cc1cc(Cn2c(C(=O)O)cc3cc(F)ccc32)ccn1. The van der Waals surface area contributed by atoms with Crippen molar-refractivity contribution >= 4 is 16.9 Å². The fraction of sp³-hybridized carbons (Fsp3) is 0.125. The van der Waals surface area contributed by atoms with Crippen molar-refractivity contribution in [2.45, 2.75) is 13.5 Å². The Morgan fingerprint density at radius 3 is 2.81 bits per heavy atom. The van der Waals surface area contributed by atoms with E-state index in [0.717, 1.165) is 11.3 Å². The van der Waals surface area contributed by atoms with E-state index in [1.54, 1.807) is 16.8 Å². The largest absolute Gasteiger partial charge is 0.477 e. The first-order chi connectivity index (χ1) is 10.0. The highest BCUT2D eigenvalue weighted by molar-refractivity contribution is 5.94. The molecule has 0 unspecified atom stereocenters. The summed E-state index contributed by atoms with van der Waals surface area (Å²) in [6, 6.07) is 9.52. The lowest BCUT2D eigenvalue weighted by atomic mass is 10.2. The molecular weight excluding hydrogens is 271 g/mol. The second kappa shape index (κ2) is 5.01. The molecule has 0 bridgehead atoms. The van der Waals surface area contributed by atoms with Gasteiger partial charge in [0.1, 0.15) is 11.5 Å². The maximum atomic E-state index is 13.3. The Morgan fingerprint density at radius 2 is 2.10 bits per heavy atom. The average Bonchev–Trinajstić information content (AvgIpc) is 2.77. The molecule has 106 valence electrons. The molecule has 0 atom stereocenters. The summed E-state index contributed by atoms with van der Waals surface area (Å²) >= 11 is 0. The number of aryl methyl sites for hydroxylation is 1. The van der Waals surface area contributed by atoms with Gasteiger partial charge in [-0.2, -0.15) is 0 Å². The summed E-state index contributed by atoms with van der Waals surface area (Å²) in [6.45, 7) is 2.28. The smallest absolute Gasteiger partial charge is 0.352 e. The van der Waals surface area contributed by atoms with Crippen LogP contribution in [0.15, 0.2) is 42.6 Å². The minimum atomic E-state index is -1.03. The van der Waals surface area contributed by atoms with Crippen LogP contribution < -0.4 is 0 Å². The zero-order valence-corrected chi connectivity index (χ0v) is 11.4. The molecule has 0 fully saturated rings. The lowest BCUT2D eigenvalue weighted by Crippen LogP contribution is -2.09. The number of benzene rings is 1. The van der Waals surface area contributed by atoms with Crippen molar-refractivity contribution in [3.8, 4) is 0 Å². The molecule has 0 spiro atoms. The number of aromatic nitrogens is 2. The number of fused-ring (bicyclic) bond motifs is 1. The van der Waals surface area contributed by atoms with Crippen LogP contribution in [0.4, 0.5) is 4.39 Å². The van der Waals surface area contributed by atoms with E-state index in [2.05, 4.69) is 4.98 Å². The molecule has 5 heteroatoms. The highest BCUT2D eigenvalue weighted by Crippen LogP contribution is 2.22.